The Kier molecular flexibility index (Phi) is 4.71. The van der Waals surface area contributed by atoms with Gasteiger partial charge < -0.3 is 9.52 Å². The molecular formula is C26H30O5S. The zero-order chi connectivity index (χ0) is 22.2. The van der Waals surface area contributed by atoms with Crippen molar-refractivity contribution in [3.8, 4) is 0 Å². The zero-order valence-corrected chi connectivity index (χ0v) is 19.4. The van der Waals surface area contributed by atoms with Crippen molar-refractivity contribution in [1.82, 2.24) is 0 Å². The minimum Gasteiger partial charge on any atom is -0.449 e. The van der Waals surface area contributed by atoms with Gasteiger partial charge in [-0.25, -0.2) is 8.42 Å². The fourth-order valence-electron chi connectivity index (χ4n) is 6.98. The first-order valence-electron chi connectivity index (χ1n) is 12.0. The molecule has 2 aromatic rings. The van der Waals surface area contributed by atoms with Crippen molar-refractivity contribution in [2.75, 3.05) is 5.75 Å². The van der Waals surface area contributed by atoms with E-state index in [0.717, 1.165) is 63.4 Å². The van der Waals surface area contributed by atoms with Crippen LogP contribution in [0.15, 0.2) is 15.6 Å². The van der Waals surface area contributed by atoms with Gasteiger partial charge in [-0.2, -0.15) is 0 Å². The van der Waals surface area contributed by atoms with Crippen LogP contribution in [0.2, 0.25) is 0 Å². The molecule has 1 heterocycles. The molecule has 1 fully saturated rings. The Labute approximate surface area is 189 Å². The van der Waals surface area contributed by atoms with Crippen LogP contribution in [0.1, 0.15) is 88.8 Å². The summed E-state index contributed by atoms with van der Waals surface area (Å²) in [6.45, 7) is 2.21. The number of ketones is 1. The summed E-state index contributed by atoms with van der Waals surface area (Å²) in [4.78, 5) is 13.1. The number of aliphatic hydroxyl groups is 1. The Morgan fingerprint density at radius 3 is 2.41 bits per heavy atom. The number of rotatable bonds is 5. The molecule has 0 amide bonds. The van der Waals surface area contributed by atoms with E-state index in [1.807, 2.05) is 0 Å². The van der Waals surface area contributed by atoms with Crippen LogP contribution in [0, 0.1) is 12.8 Å². The first-order chi connectivity index (χ1) is 15.3. The van der Waals surface area contributed by atoms with E-state index < -0.39 is 21.7 Å². The predicted octanol–water partition coefficient (Wildman–Crippen LogP) is 4.08. The van der Waals surface area contributed by atoms with Crippen molar-refractivity contribution in [2.45, 2.75) is 88.2 Å². The second kappa shape index (κ2) is 7.29. The second-order valence-electron chi connectivity index (χ2n) is 10.3. The number of fused-ring (bicyclic) bond motifs is 6. The molecular weight excluding hydrogens is 424 g/mol. The molecule has 6 rings (SSSR count). The van der Waals surface area contributed by atoms with Gasteiger partial charge in [0.05, 0.1) is 6.10 Å². The maximum Gasteiger partial charge on any atom is 0.219 e. The Morgan fingerprint density at radius 2 is 1.72 bits per heavy atom. The van der Waals surface area contributed by atoms with Crippen LogP contribution < -0.4 is 0 Å². The highest BCUT2D eigenvalue weighted by atomic mass is 32.2. The average Bonchev–Trinajstić information content (AvgIpc) is 3.53. The molecule has 2 bridgehead atoms. The number of carbonyl (C=O) groups is 1. The van der Waals surface area contributed by atoms with Crippen molar-refractivity contribution >= 4 is 15.6 Å². The lowest BCUT2D eigenvalue weighted by atomic mass is 9.86. The number of hydrogen-bond donors (Lipinski definition) is 1. The number of benzene rings is 1. The molecule has 3 atom stereocenters. The summed E-state index contributed by atoms with van der Waals surface area (Å²) in [6, 6.07) is 1.48. The predicted molar refractivity (Wildman–Crippen MR) is 120 cm³/mol. The Morgan fingerprint density at radius 1 is 1.06 bits per heavy atom. The third-order valence-electron chi connectivity index (χ3n) is 8.48. The lowest BCUT2D eigenvalue weighted by molar-refractivity contribution is -0.116. The SMILES string of the molecule is Cc1c2c(c(CC(=O)CS(=O)(=O)c3cc4c(o3)C3CCC(C3)C4O)c3c1CCC3)CCC2. The van der Waals surface area contributed by atoms with Crippen LogP contribution in [-0.4, -0.2) is 25.1 Å². The van der Waals surface area contributed by atoms with E-state index in [0.29, 0.717) is 11.3 Å². The smallest absolute Gasteiger partial charge is 0.219 e. The Bertz CT molecular complexity index is 1190. The Hall–Kier alpha value is -1.92. The normalized spacial score (nSPS) is 25.6. The third kappa shape index (κ3) is 3.06. The average molecular weight is 455 g/mol. The fraction of sp³-hybridized carbons (Fsp3) is 0.577. The summed E-state index contributed by atoms with van der Waals surface area (Å²) in [5, 5.41) is 10.4. The molecule has 32 heavy (non-hydrogen) atoms. The molecule has 0 saturated heterocycles. The monoisotopic (exact) mass is 454 g/mol. The van der Waals surface area contributed by atoms with Gasteiger partial charge in [-0.1, -0.05) is 0 Å². The van der Waals surface area contributed by atoms with E-state index >= 15 is 0 Å². The summed E-state index contributed by atoms with van der Waals surface area (Å²) in [7, 11) is -3.88. The maximum absolute atomic E-state index is 13.1. The molecule has 170 valence electrons. The highest BCUT2D eigenvalue weighted by Crippen LogP contribution is 2.52. The highest BCUT2D eigenvalue weighted by Gasteiger charge is 2.43. The van der Waals surface area contributed by atoms with Crippen LogP contribution in [0.5, 0.6) is 0 Å². The minimum absolute atomic E-state index is 0.151. The molecule has 1 N–H and O–H groups in total. The van der Waals surface area contributed by atoms with Gasteiger partial charge in [0.1, 0.15) is 11.5 Å². The maximum atomic E-state index is 13.1. The molecule has 4 aliphatic rings. The minimum atomic E-state index is -3.88. The van der Waals surface area contributed by atoms with Crippen LogP contribution in [-0.2, 0) is 46.7 Å². The van der Waals surface area contributed by atoms with E-state index in [1.165, 1.54) is 33.9 Å². The van der Waals surface area contributed by atoms with E-state index in [2.05, 4.69) is 6.92 Å². The van der Waals surface area contributed by atoms with Gasteiger partial charge in [0.25, 0.3) is 0 Å². The third-order valence-corrected chi connectivity index (χ3v) is 9.99. The van der Waals surface area contributed by atoms with E-state index in [1.54, 1.807) is 0 Å². The second-order valence-corrected chi connectivity index (χ2v) is 12.2. The quantitative estimate of drug-likeness (QED) is 0.736. The van der Waals surface area contributed by atoms with Crippen LogP contribution in [0.25, 0.3) is 0 Å². The molecule has 6 heteroatoms. The number of furan rings is 1. The van der Waals surface area contributed by atoms with Crippen LogP contribution in [0.3, 0.4) is 0 Å². The summed E-state index contributed by atoms with van der Waals surface area (Å²) in [5.74, 6) is 0.185. The fourth-order valence-corrected chi connectivity index (χ4v) is 8.18. The van der Waals surface area contributed by atoms with Gasteiger partial charge in [-0.05, 0) is 104 Å². The van der Waals surface area contributed by atoms with Gasteiger partial charge in [0.15, 0.2) is 5.78 Å². The van der Waals surface area contributed by atoms with Gasteiger partial charge in [-0.15, -0.1) is 0 Å². The lowest BCUT2D eigenvalue weighted by Gasteiger charge is -2.23. The first-order valence-corrected chi connectivity index (χ1v) is 13.7. The molecule has 4 aliphatic carbocycles. The molecule has 5 nitrogen and oxygen atoms in total. The molecule has 1 aromatic heterocycles. The summed E-state index contributed by atoms with van der Waals surface area (Å²) < 4.78 is 32.0. The summed E-state index contributed by atoms with van der Waals surface area (Å²) in [6.07, 6.45) is 8.58. The van der Waals surface area contributed by atoms with Gasteiger partial charge in [0.2, 0.25) is 14.9 Å². The lowest BCUT2D eigenvalue weighted by Crippen LogP contribution is -2.19. The molecule has 1 saturated carbocycles. The van der Waals surface area contributed by atoms with Gasteiger partial charge >= 0.3 is 0 Å². The van der Waals surface area contributed by atoms with Crippen molar-refractivity contribution in [3.05, 3.63) is 50.8 Å². The Balaban J connectivity index is 1.27. The number of aliphatic hydroxyl groups excluding tert-OH is 1. The van der Waals surface area contributed by atoms with E-state index in [4.69, 9.17) is 4.42 Å². The highest BCUT2D eigenvalue weighted by molar-refractivity contribution is 7.92. The van der Waals surface area contributed by atoms with Crippen LogP contribution >= 0.6 is 0 Å². The molecule has 0 spiro atoms. The van der Waals surface area contributed by atoms with Crippen molar-refractivity contribution in [1.29, 1.82) is 0 Å². The first kappa shape index (κ1) is 20.7. The van der Waals surface area contributed by atoms with Crippen LogP contribution in [0.4, 0.5) is 0 Å². The standard InChI is InChI=1S/C26H30O5S/c1-14-18-4-2-6-20(18)22(21-7-3-5-19(14)21)11-17(27)13-32(29,30)24-12-23-25(28)15-8-9-16(10-15)26(23)31-24/h12,15-16,25,28H,2-11,13H2,1H3. The summed E-state index contributed by atoms with van der Waals surface area (Å²) >= 11 is 0. The molecule has 1 aromatic carbocycles. The molecule has 0 aliphatic heterocycles. The topological polar surface area (TPSA) is 84.6 Å². The van der Waals surface area contributed by atoms with Crippen molar-refractivity contribution in [2.24, 2.45) is 5.92 Å². The van der Waals surface area contributed by atoms with Crippen molar-refractivity contribution < 1.29 is 22.7 Å². The number of sulfone groups is 1. The largest absolute Gasteiger partial charge is 0.449 e. The van der Waals surface area contributed by atoms with Gasteiger partial charge in [-0.3, -0.25) is 4.79 Å². The number of Topliss-reactive ketones (excluding diaryl/α,β-unsaturated/α-hetero) is 1. The zero-order valence-electron chi connectivity index (χ0n) is 18.6. The molecule has 3 unspecified atom stereocenters. The van der Waals surface area contributed by atoms with E-state index in [9.17, 15) is 18.3 Å². The number of carbonyl (C=O) groups excluding carboxylic acids is 1. The van der Waals surface area contributed by atoms with Crippen molar-refractivity contribution in [3.63, 3.8) is 0 Å². The summed E-state index contributed by atoms with van der Waals surface area (Å²) in [5.41, 5.74) is 8.55. The van der Waals surface area contributed by atoms with E-state index in [-0.39, 0.29) is 29.1 Å². The number of hydrogen-bond acceptors (Lipinski definition) is 5. The van der Waals surface area contributed by atoms with Gasteiger partial charge in [0, 0.05) is 24.0 Å². The molecule has 0 radical (unpaired) electrons.